The summed E-state index contributed by atoms with van der Waals surface area (Å²) in [6, 6.07) is 2.88. The molecular formula is C13H16N2O4. The summed E-state index contributed by atoms with van der Waals surface area (Å²) in [5, 5.41) is 2.64. The van der Waals surface area contributed by atoms with Crippen molar-refractivity contribution in [1.82, 2.24) is 10.3 Å². The number of amides is 1. The molecule has 0 saturated carbocycles. The summed E-state index contributed by atoms with van der Waals surface area (Å²) < 4.78 is 9.95. The van der Waals surface area contributed by atoms with Gasteiger partial charge in [0.15, 0.2) is 0 Å². The molecule has 2 heterocycles. The minimum atomic E-state index is -0.636. The first kappa shape index (κ1) is 13.3. The van der Waals surface area contributed by atoms with Crippen LogP contribution in [0.15, 0.2) is 18.3 Å². The fraction of sp³-hybridized carbons (Fsp3) is 0.462. The lowest BCUT2D eigenvalue weighted by molar-refractivity contribution is -0.146. The van der Waals surface area contributed by atoms with Crippen LogP contribution in [0.4, 0.5) is 0 Å². The Morgan fingerprint density at radius 2 is 2.32 bits per heavy atom. The number of rotatable bonds is 4. The minimum absolute atomic E-state index is 0.154. The first-order valence-electron chi connectivity index (χ1n) is 6.11. The van der Waals surface area contributed by atoms with Crippen molar-refractivity contribution in [1.29, 1.82) is 0 Å². The third-order valence-electron chi connectivity index (χ3n) is 3.06. The molecule has 19 heavy (non-hydrogen) atoms. The molecule has 1 N–H and O–H groups in total. The second-order valence-electron chi connectivity index (χ2n) is 4.24. The van der Waals surface area contributed by atoms with Gasteiger partial charge < -0.3 is 14.8 Å². The second-order valence-corrected chi connectivity index (χ2v) is 4.24. The number of esters is 1. The third-order valence-corrected chi connectivity index (χ3v) is 3.06. The van der Waals surface area contributed by atoms with Gasteiger partial charge in [-0.05, 0) is 12.5 Å². The molecule has 0 aromatic carbocycles. The van der Waals surface area contributed by atoms with Crippen molar-refractivity contribution >= 4 is 11.9 Å². The number of carbonyl (C=O) groups is 2. The van der Waals surface area contributed by atoms with Gasteiger partial charge in [0, 0.05) is 24.6 Å². The molecule has 0 aliphatic carbocycles. The van der Waals surface area contributed by atoms with E-state index < -0.39 is 12.0 Å². The third kappa shape index (κ3) is 2.83. The van der Waals surface area contributed by atoms with Crippen LogP contribution in [-0.2, 0) is 14.3 Å². The number of nitrogens with zero attached hydrogens (tertiary/aromatic N) is 1. The summed E-state index contributed by atoms with van der Waals surface area (Å²) in [6.45, 7) is 2.03. The van der Waals surface area contributed by atoms with E-state index in [-0.39, 0.29) is 18.2 Å². The van der Waals surface area contributed by atoms with E-state index in [4.69, 9.17) is 9.47 Å². The van der Waals surface area contributed by atoms with Crippen LogP contribution in [0.25, 0.3) is 0 Å². The standard InChI is InChI=1S/C13H16N2O4/c1-3-19-13(17)12-9(6-10(16)15-12)8-4-5-11(18-2)14-7-8/h4-5,7,9,12H,3,6H2,1-2H3,(H,15,16). The molecule has 0 radical (unpaired) electrons. The predicted octanol–water partition coefficient (Wildman–Crippen LogP) is 0.625. The molecule has 2 atom stereocenters. The van der Waals surface area contributed by atoms with Gasteiger partial charge in [-0.15, -0.1) is 0 Å². The van der Waals surface area contributed by atoms with E-state index in [1.54, 1.807) is 19.2 Å². The number of ether oxygens (including phenoxy) is 2. The van der Waals surface area contributed by atoms with Crippen molar-refractivity contribution in [2.24, 2.45) is 0 Å². The van der Waals surface area contributed by atoms with Gasteiger partial charge in [-0.1, -0.05) is 6.07 Å². The van der Waals surface area contributed by atoms with Gasteiger partial charge in [-0.3, -0.25) is 4.79 Å². The minimum Gasteiger partial charge on any atom is -0.481 e. The van der Waals surface area contributed by atoms with Crippen LogP contribution >= 0.6 is 0 Å². The van der Waals surface area contributed by atoms with Crippen molar-refractivity contribution in [3.63, 3.8) is 0 Å². The van der Waals surface area contributed by atoms with E-state index in [2.05, 4.69) is 10.3 Å². The van der Waals surface area contributed by atoms with Crippen LogP contribution in [-0.4, -0.2) is 36.6 Å². The van der Waals surface area contributed by atoms with Crippen LogP contribution in [0.2, 0.25) is 0 Å². The van der Waals surface area contributed by atoms with Crippen molar-refractivity contribution in [3.05, 3.63) is 23.9 Å². The SMILES string of the molecule is CCOC(=O)C1NC(=O)CC1c1ccc(OC)nc1. The van der Waals surface area contributed by atoms with E-state index >= 15 is 0 Å². The van der Waals surface area contributed by atoms with Crippen molar-refractivity contribution in [2.75, 3.05) is 13.7 Å². The number of aromatic nitrogens is 1. The van der Waals surface area contributed by atoms with Gasteiger partial charge in [0.1, 0.15) is 6.04 Å². The summed E-state index contributed by atoms with van der Waals surface area (Å²) in [7, 11) is 1.53. The summed E-state index contributed by atoms with van der Waals surface area (Å²) >= 11 is 0. The van der Waals surface area contributed by atoms with Crippen LogP contribution in [0, 0.1) is 0 Å². The van der Waals surface area contributed by atoms with E-state index in [1.807, 2.05) is 6.07 Å². The van der Waals surface area contributed by atoms with E-state index in [0.29, 0.717) is 12.5 Å². The highest BCUT2D eigenvalue weighted by molar-refractivity contribution is 5.90. The molecule has 2 rings (SSSR count). The van der Waals surface area contributed by atoms with Gasteiger partial charge in [-0.25, -0.2) is 9.78 Å². The largest absolute Gasteiger partial charge is 0.481 e. The van der Waals surface area contributed by atoms with Gasteiger partial charge in [0.2, 0.25) is 11.8 Å². The molecule has 1 fully saturated rings. The fourth-order valence-electron chi connectivity index (χ4n) is 2.15. The van der Waals surface area contributed by atoms with E-state index in [0.717, 1.165) is 5.56 Å². The van der Waals surface area contributed by atoms with Gasteiger partial charge in [0.05, 0.1) is 13.7 Å². The second kappa shape index (κ2) is 5.69. The smallest absolute Gasteiger partial charge is 0.329 e. The lowest BCUT2D eigenvalue weighted by Crippen LogP contribution is -2.37. The van der Waals surface area contributed by atoms with Crippen molar-refractivity contribution < 1.29 is 19.1 Å². The zero-order valence-corrected chi connectivity index (χ0v) is 10.9. The maximum atomic E-state index is 11.8. The first-order chi connectivity index (χ1) is 9.15. The Morgan fingerprint density at radius 1 is 1.53 bits per heavy atom. The Balaban J connectivity index is 2.19. The van der Waals surface area contributed by atoms with E-state index in [1.165, 1.54) is 7.11 Å². The normalized spacial score (nSPS) is 21.9. The number of hydrogen-bond donors (Lipinski definition) is 1. The molecule has 102 valence electrons. The Bertz CT molecular complexity index is 472. The molecule has 1 aromatic heterocycles. The maximum absolute atomic E-state index is 11.8. The first-order valence-corrected chi connectivity index (χ1v) is 6.11. The Morgan fingerprint density at radius 3 is 2.89 bits per heavy atom. The summed E-state index contributed by atoms with van der Waals surface area (Å²) in [5.74, 6) is -0.313. The Kier molecular flexibility index (Phi) is 3.99. The maximum Gasteiger partial charge on any atom is 0.329 e. The molecule has 6 heteroatoms. The number of pyridine rings is 1. The monoisotopic (exact) mass is 264 g/mol. The topological polar surface area (TPSA) is 77.5 Å². The molecule has 2 unspecified atom stereocenters. The summed E-state index contributed by atoms with van der Waals surface area (Å²) in [5.41, 5.74) is 0.817. The molecule has 1 aromatic rings. The lowest BCUT2D eigenvalue weighted by Gasteiger charge is -2.17. The average molecular weight is 264 g/mol. The number of hydrogen-bond acceptors (Lipinski definition) is 5. The van der Waals surface area contributed by atoms with Crippen LogP contribution < -0.4 is 10.1 Å². The van der Waals surface area contributed by atoms with E-state index in [9.17, 15) is 9.59 Å². The molecule has 6 nitrogen and oxygen atoms in total. The molecule has 1 aliphatic heterocycles. The highest BCUT2D eigenvalue weighted by Crippen LogP contribution is 2.29. The van der Waals surface area contributed by atoms with Crippen LogP contribution in [0.1, 0.15) is 24.8 Å². The quantitative estimate of drug-likeness (QED) is 0.807. The molecule has 1 saturated heterocycles. The zero-order chi connectivity index (χ0) is 13.8. The average Bonchev–Trinajstić information content (AvgIpc) is 2.81. The Hall–Kier alpha value is -2.11. The number of carbonyl (C=O) groups excluding carboxylic acids is 2. The summed E-state index contributed by atoms with van der Waals surface area (Å²) in [6.07, 6.45) is 1.88. The number of methoxy groups -OCH3 is 1. The lowest BCUT2D eigenvalue weighted by atomic mass is 9.93. The number of nitrogens with one attached hydrogen (secondary N) is 1. The summed E-state index contributed by atoms with van der Waals surface area (Å²) in [4.78, 5) is 27.4. The van der Waals surface area contributed by atoms with Crippen LogP contribution in [0.5, 0.6) is 5.88 Å². The zero-order valence-electron chi connectivity index (χ0n) is 10.9. The van der Waals surface area contributed by atoms with Crippen LogP contribution in [0.3, 0.4) is 0 Å². The molecular weight excluding hydrogens is 248 g/mol. The highest BCUT2D eigenvalue weighted by Gasteiger charge is 2.39. The van der Waals surface area contributed by atoms with Crippen molar-refractivity contribution in [3.8, 4) is 5.88 Å². The molecule has 0 spiro atoms. The fourth-order valence-corrected chi connectivity index (χ4v) is 2.15. The van der Waals surface area contributed by atoms with Gasteiger partial charge in [0.25, 0.3) is 0 Å². The van der Waals surface area contributed by atoms with Crippen molar-refractivity contribution in [2.45, 2.75) is 25.3 Å². The predicted molar refractivity (Wildman–Crippen MR) is 66.7 cm³/mol. The molecule has 1 aliphatic rings. The molecule has 1 amide bonds. The molecule has 0 bridgehead atoms. The van der Waals surface area contributed by atoms with Gasteiger partial charge in [-0.2, -0.15) is 0 Å². The Labute approximate surface area is 111 Å². The van der Waals surface area contributed by atoms with Gasteiger partial charge >= 0.3 is 5.97 Å². The highest BCUT2D eigenvalue weighted by atomic mass is 16.5.